The number of likely N-dealkylation sites (tertiary alicyclic amines) is 1. The van der Waals surface area contributed by atoms with Gasteiger partial charge in [0.2, 0.25) is 5.91 Å². The average Bonchev–Trinajstić information content (AvgIpc) is 2.81. The number of nitrogens with zero attached hydrogens (tertiary/aromatic N) is 2. The first-order valence-electron chi connectivity index (χ1n) is 11.8. The zero-order valence-electron chi connectivity index (χ0n) is 20.5. The molecule has 204 valence electrons. The largest absolute Gasteiger partial charge is 0.416 e. The number of aliphatic hydroxyl groups excluding tert-OH is 1. The number of benzene rings is 2. The van der Waals surface area contributed by atoms with Crippen LogP contribution < -0.4 is 0 Å². The van der Waals surface area contributed by atoms with Gasteiger partial charge in [-0.1, -0.05) is 6.07 Å². The first-order chi connectivity index (χ1) is 17.2. The minimum Gasteiger partial charge on any atom is -0.396 e. The molecule has 1 N–H and O–H groups in total. The van der Waals surface area contributed by atoms with E-state index in [2.05, 4.69) is 4.90 Å². The lowest BCUT2D eigenvalue weighted by atomic mass is 9.78. The minimum atomic E-state index is -4.98. The molecule has 1 saturated heterocycles. The molecule has 2 atom stereocenters. The maximum atomic E-state index is 13.7. The van der Waals surface area contributed by atoms with E-state index in [1.807, 2.05) is 0 Å². The van der Waals surface area contributed by atoms with Crippen molar-refractivity contribution in [3.05, 3.63) is 70.0 Å². The van der Waals surface area contributed by atoms with Crippen molar-refractivity contribution in [1.82, 2.24) is 9.80 Å². The summed E-state index contributed by atoms with van der Waals surface area (Å²) < 4.78 is 93.3. The molecule has 3 rings (SSSR count). The molecule has 2 aromatic rings. The average molecular weight is 535 g/mol. The molecule has 1 aliphatic rings. The number of aryl methyl sites for hydroxylation is 1. The zero-order chi connectivity index (χ0) is 27.5. The Labute approximate surface area is 210 Å². The summed E-state index contributed by atoms with van der Waals surface area (Å²) in [6.07, 6.45) is -9.03. The van der Waals surface area contributed by atoms with Crippen molar-refractivity contribution in [3.63, 3.8) is 0 Å². The number of alkyl halides is 6. The first-order valence-corrected chi connectivity index (χ1v) is 11.8. The van der Waals surface area contributed by atoms with Gasteiger partial charge in [0.25, 0.3) is 0 Å². The number of halogens is 7. The molecular weight excluding hydrogens is 505 g/mol. The van der Waals surface area contributed by atoms with Gasteiger partial charge in [0.05, 0.1) is 11.1 Å². The van der Waals surface area contributed by atoms with Gasteiger partial charge in [0.15, 0.2) is 0 Å². The highest BCUT2D eigenvalue weighted by Crippen LogP contribution is 2.38. The number of rotatable bonds is 7. The van der Waals surface area contributed by atoms with Gasteiger partial charge in [-0.2, -0.15) is 26.3 Å². The summed E-state index contributed by atoms with van der Waals surface area (Å²) in [5.74, 6) is -1.82. The fraction of sp³-hybridized carbons (Fsp3) is 0.500. The van der Waals surface area contributed by atoms with Crippen LogP contribution in [-0.2, 0) is 23.7 Å². The summed E-state index contributed by atoms with van der Waals surface area (Å²) in [6, 6.07) is 5.56. The van der Waals surface area contributed by atoms with E-state index < -0.39 is 47.7 Å². The molecule has 0 spiro atoms. The van der Waals surface area contributed by atoms with Crippen LogP contribution in [0.25, 0.3) is 0 Å². The molecular formula is C26H29F7N2O2. The Morgan fingerprint density at radius 3 is 2.22 bits per heavy atom. The second-order valence-corrected chi connectivity index (χ2v) is 9.49. The van der Waals surface area contributed by atoms with Gasteiger partial charge in [-0.25, -0.2) is 4.39 Å². The Balaban J connectivity index is 1.89. The topological polar surface area (TPSA) is 43.8 Å². The van der Waals surface area contributed by atoms with Gasteiger partial charge in [-0.3, -0.25) is 4.79 Å². The maximum Gasteiger partial charge on any atom is 0.416 e. The molecule has 11 heteroatoms. The molecule has 2 aromatic carbocycles. The SMILES string of the molecule is Cc1cc(F)ccc1[C@@H]1CN(CCCO)CC[C@H]1C(=O)N(C)Cc1cc(C(F)(F)F)cc(C(F)(F)F)c1. The monoisotopic (exact) mass is 534 g/mol. The Morgan fingerprint density at radius 1 is 1.05 bits per heavy atom. The van der Waals surface area contributed by atoms with Gasteiger partial charge in [-0.05, 0) is 73.3 Å². The van der Waals surface area contributed by atoms with Crippen LogP contribution in [0.5, 0.6) is 0 Å². The quantitative estimate of drug-likeness (QED) is 0.470. The normalized spacial score (nSPS) is 19.2. The molecule has 0 radical (unpaired) electrons. The van der Waals surface area contributed by atoms with E-state index in [9.17, 15) is 40.6 Å². The molecule has 0 unspecified atom stereocenters. The molecule has 1 heterocycles. The molecule has 0 saturated carbocycles. The predicted molar refractivity (Wildman–Crippen MR) is 123 cm³/mol. The van der Waals surface area contributed by atoms with E-state index in [1.165, 1.54) is 19.2 Å². The Hall–Kier alpha value is -2.66. The van der Waals surface area contributed by atoms with Crippen molar-refractivity contribution in [2.75, 3.05) is 33.3 Å². The fourth-order valence-electron chi connectivity index (χ4n) is 4.93. The maximum absolute atomic E-state index is 13.7. The summed E-state index contributed by atoms with van der Waals surface area (Å²) in [5, 5.41) is 9.18. The summed E-state index contributed by atoms with van der Waals surface area (Å²) in [4.78, 5) is 16.7. The molecule has 0 bridgehead atoms. The molecule has 1 amide bonds. The number of carbonyl (C=O) groups excluding carboxylic acids is 1. The molecule has 4 nitrogen and oxygen atoms in total. The predicted octanol–water partition coefficient (Wildman–Crippen LogP) is 5.62. The van der Waals surface area contributed by atoms with E-state index in [-0.39, 0.29) is 24.2 Å². The van der Waals surface area contributed by atoms with Crippen LogP contribution >= 0.6 is 0 Å². The van der Waals surface area contributed by atoms with E-state index in [4.69, 9.17) is 0 Å². The fourth-order valence-corrected chi connectivity index (χ4v) is 4.93. The van der Waals surface area contributed by atoms with Crippen LogP contribution in [0, 0.1) is 18.7 Å². The van der Waals surface area contributed by atoms with Gasteiger partial charge in [-0.15, -0.1) is 0 Å². The third-order valence-corrected chi connectivity index (χ3v) is 6.72. The van der Waals surface area contributed by atoms with Crippen molar-refractivity contribution in [2.45, 2.75) is 44.6 Å². The standard InChI is InChI=1S/C26H29F7N2O2/c1-16-10-20(27)4-5-21(16)23-15-35(7-3-9-36)8-6-22(23)24(37)34(2)14-17-11-18(25(28,29)30)13-19(12-17)26(31,32)33/h4-5,10-13,22-23,36H,3,6-9,14-15H2,1-2H3/t22-,23+/m1/s1. The minimum absolute atomic E-state index is 0.00125. The molecule has 0 aliphatic carbocycles. The smallest absolute Gasteiger partial charge is 0.396 e. The van der Waals surface area contributed by atoms with E-state index in [1.54, 1.807) is 13.0 Å². The molecule has 1 aliphatic heterocycles. The lowest BCUT2D eigenvalue weighted by Gasteiger charge is -2.40. The first kappa shape index (κ1) is 28.9. The summed E-state index contributed by atoms with van der Waals surface area (Å²) in [5.41, 5.74) is -1.76. The van der Waals surface area contributed by atoms with Crippen molar-refractivity contribution in [2.24, 2.45) is 5.92 Å². The number of hydrogen-bond acceptors (Lipinski definition) is 3. The highest BCUT2D eigenvalue weighted by atomic mass is 19.4. The van der Waals surface area contributed by atoms with Crippen LogP contribution in [0.1, 0.15) is 46.6 Å². The van der Waals surface area contributed by atoms with Crippen LogP contribution in [0.15, 0.2) is 36.4 Å². The third kappa shape index (κ3) is 7.22. The van der Waals surface area contributed by atoms with Crippen molar-refractivity contribution in [1.29, 1.82) is 0 Å². The van der Waals surface area contributed by atoms with Crippen molar-refractivity contribution >= 4 is 5.91 Å². The number of hydrogen-bond donors (Lipinski definition) is 1. The summed E-state index contributed by atoms with van der Waals surface area (Å²) in [7, 11) is 1.35. The second-order valence-electron chi connectivity index (χ2n) is 9.49. The Kier molecular flexibility index (Phi) is 8.89. The number of piperidine rings is 1. The number of aliphatic hydroxyl groups is 1. The van der Waals surface area contributed by atoms with E-state index in [0.29, 0.717) is 50.2 Å². The second kappa shape index (κ2) is 11.4. The highest BCUT2D eigenvalue weighted by molar-refractivity contribution is 5.80. The number of amides is 1. The van der Waals surface area contributed by atoms with Crippen LogP contribution in [-0.4, -0.2) is 54.1 Å². The highest BCUT2D eigenvalue weighted by Gasteiger charge is 2.39. The van der Waals surface area contributed by atoms with E-state index in [0.717, 1.165) is 10.5 Å². The zero-order valence-corrected chi connectivity index (χ0v) is 20.5. The third-order valence-electron chi connectivity index (χ3n) is 6.72. The van der Waals surface area contributed by atoms with Crippen molar-refractivity contribution < 1.29 is 40.6 Å². The summed E-state index contributed by atoms with van der Waals surface area (Å²) >= 11 is 0. The Morgan fingerprint density at radius 2 is 1.68 bits per heavy atom. The van der Waals surface area contributed by atoms with Crippen LogP contribution in [0.2, 0.25) is 0 Å². The molecule has 0 aromatic heterocycles. The Bertz CT molecular complexity index is 1070. The van der Waals surface area contributed by atoms with Crippen LogP contribution in [0.3, 0.4) is 0 Å². The van der Waals surface area contributed by atoms with E-state index >= 15 is 0 Å². The van der Waals surface area contributed by atoms with Crippen LogP contribution in [0.4, 0.5) is 30.7 Å². The number of carbonyl (C=O) groups is 1. The van der Waals surface area contributed by atoms with Gasteiger partial charge in [0.1, 0.15) is 5.82 Å². The van der Waals surface area contributed by atoms with Crippen molar-refractivity contribution in [3.8, 4) is 0 Å². The summed E-state index contributed by atoms with van der Waals surface area (Å²) in [6.45, 7) is 2.85. The van der Waals surface area contributed by atoms with Gasteiger partial charge < -0.3 is 14.9 Å². The van der Waals surface area contributed by atoms with Gasteiger partial charge in [0, 0.05) is 45.1 Å². The lowest BCUT2D eigenvalue weighted by molar-refractivity contribution is -0.143. The van der Waals surface area contributed by atoms with Gasteiger partial charge >= 0.3 is 12.4 Å². The molecule has 37 heavy (non-hydrogen) atoms. The molecule has 1 fully saturated rings. The lowest BCUT2D eigenvalue weighted by Crippen LogP contribution is -2.46.